The van der Waals surface area contributed by atoms with Crippen LogP contribution in [0.5, 0.6) is 5.75 Å². The van der Waals surface area contributed by atoms with Gasteiger partial charge in [0.15, 0.2) is 4.34 Å². The second-order valence-electron chi connectivity index (χ2n) is 6.54. The Bertz CT molecular complexity index is 1130. The van der Waals surface area contributed by atoms with E-state index in [4.69, 9.17) is 4.74 Å². The fourth-order valence-corrected chi connectivity index (χ4v) is 4.35. The quantitative estimate of drug-likeness (QED) is 0.271. The molecule has 0 bridgehead atoms. The van der Waals surface area contributed by atoms with E-state index >= 15 is 0 Å². The van der Waals surface area contributed by atoms with Crippen molar-refractivity contribution in [2.24, 2.45) is 0 Å². The minimum Gasteiger partial charge on any atom is -0.489 e. The molecule has 0 atom stereocenters. The first-order valence-corrected chi connectivity index (χ1v) is 11.2. The number of hydrogen-bond acceptors (Lipinski definition) is 6. The monoisotopic (exact) mass is 451 g/mol. The van der Waals surface area contributed by atoms with Crippen LogP contribution < -0.4 is 10.1 Å². The van der Waals surface area contributed by atoms with Crippen molar-refractivity contribution in [1.29, 1.82) is 0 Å². The highest BCUT2D eigenvalue weighted by atomic mass is 32.2. The average molecular weight is 452 g/mol. The van der Waals surface area contributed by atoms with Gasteiger partial charge in [-0.15, -0.1) is 10.2 Å². The summed E-state index contributed by atoms with van der Waals surface area (Å²) < 4.78 is 19.4. The third-order valence-corrected chi connectivity index (χ3v) is 6.31. The molecule has 5 nitrogen and oxygen atoms in total. The Morgan fingerprint density at radius 3 is 2.39 bits per heavy atom. The van der Waals surface area contributed by atoms with Crippen LogP contribution >= 0.6 is 23.1 Å². The number of anilines is 1. The predicted molar refractivity (Wildman–Crippen MR) is 121 cm³/mol. The molecule has 4 rings (SSSR count). The predicted octanol–water partition coefficient (Wildman–Crippen LogP) is 5.80. The third-order valence-electron chi connectivity index (χ3n) is 4.27. The molecule has 0 saturated heterocycles. The second kappa shape index (κ2) is 10.2. The van der Waals surface area contributed by atoms with E-state index in [0.717, 1.165) is 21.2 Å². The SMILES string of the molecule is O=C(Nc1nnc(SCc2ccc(F)cc2)s1)c1ccc(COc2ccccc2)cc1. The topological polar surface area (TPSA) is 64.1 Å². The summed E-state index contributed by atoms with van der Waals surface area (Å²) in [6.07, 6.45) is 0. The van der Waals surface area contributed by atoms with Gasteiger partial charge in [0, 0.05) is 11.3 Å². The van der Waals surface area contributed by atoms with Gasteiger partial charge in [-0.2, -0.15) is 0 Å². The molecule has 156 valence electrons. The van der Waals surface area contributed by atoms with Gasteiger partial charge in [0.05, 0.1) is 0 Å². The largest absolute Gasteiger partial charge is 0.489 e. The van der Waals surface area contributed by atoms with E-state index in [0.29, 0.717) is 23.1 Å². The van der Waals surface area contributed by atoms with Crippen LogP contribution in [0.15, 0.2) is 83.2 Å². The molecule has 0 saturated carbocycles. The normalized spacial score (nSPS) is 10.6. The molecule has 3 aromatic carbocycles. The first-order chi connectivity index (χ1) is 15.2. The Morgan fingerprint density at radius 1 is 0.935 bits per heavy atom. The van der Waals surface area contributed by atoms with E-state index in [1.54, 1.807) is 24.3 Å². The number of hydrogen-bond donors (Lipinski definition) is 1. The summed E-state index contributed by atoms with van der Waals surface area (Å²) in [6, 6.07) is 23.1. The molecule has 0 radical (unpaired) electrons. The molecule has 0 fully saturated rings. The molecule has 31 heavy (non-hydrogen) atoms. The Morgan fingerprint density at radius 2 is 1.65 bits per heavy atom. The van der Waals surface area contributed by atoms with Crippen LogP contribution in [-0.2, 0) is 12.4 Å². The summed E-state index contributed by atoms with van der Waals surface area (Å²) in [7, 11) is 0. The maximum atomic E-state index is 13.0. The average Bonchev–Trinajstić information content (AvgIpc) is 3.25. The van der Waals surface area contributed by atoms with Crippen molar-refractivity contribution in [1.82, 2.24) is 10.2 Å². The van der Waals surface area contributed by atoms with E-state index < -0.39 is 0 Å². The van der Waals surface area contributed by atoms with Gasteiger partial charge in [-0.05, 0) is 47.5 Å². The number of thioether (sulfide) groups is 1. The van der Waals surface area contributed by atoms with Crippen molar-refractivity contribution < 1.29 is 13.9 Å². The van der Waals surface area contributed by atoms with Crippen molar-refractivity contribution in [3.05, 3.63) is 101 Å². The number of halogens is 1. The van der Waals surface area contributed by atoms with E-state index in [2.05, 4.69) is 15.5 Å². The van der Waals surface area contributed by atoms with Gasteiger partial charge < -0.3 is 4.74 Å². The summed E-state index contributed by atoms with van der Waals surface area (Å²) in [5.41, 5.74) is 2.48. The molecule has 0 spiro atoms. The number of nitrogens with zero attached hydrogens (tertiary/aromatic N) is 2. The molecule has 1 aromatic heterocycles. The summed E-state index contributed by atoms with van der Waals surface area (Å²) in [5.74, 6) is 0.942. The van der Waals surface area contributed by atoms with Gasteiger partial charge in [0.2, 0.25) is 5.13 Å². The fourth-order valence-electron chi connectivity index (χ4n) is 2.65. The zero-order valence-electron chi connectivity index (χ0n) is 16.3. The summed E-state index contributed by atoms with van der Waals surface area (Å²) >= 11 is 2.79. The van der Waals surface area contributed by atoms with Crippen molar-refractivity contribution in [2.45, 2.75) is 16.7 Å². The highest BCUT2D eigenvalue weighted by molar-refractivity contribution is 8.00. The summed E-state index contributed by atoms with van der Waals surface area (Å²) in [6.45, 7) is 0.428. The van der Waals surface area contributed by atoms with Crippen molar-refractivity contribution in [3.8, 4) is 5.75 Å². The maximum absolute atomic E-state index is 13.0. The lowest BCUT2D eigenvalue weighted by Gasteiger charge is -2.07. The lowest BCUT2D eigenvalue weighted by Crippen LogP contribution is -2.11. The second-order valence-corrected chi connectivity index (χ2v) is 8.74. The van der Waals surface area contributed by atoms with Crippen LogP contribution in [0, 0.1) is 5.82 Å². The molecule has 8 heteroatoms. The molecule has 0 aliphatic carbocycles. The van der Waals surface area contributed by atoms with E-state index in [1.165, 1.54) is 35.2 Å². The van der Waals surface area contributed by atoms with Gasteiger partial charge in [0.25, 0.3) is 5.91 Å². The van der Waals surface area contributed by atoms with Crippen molar-refractivity contribution >= 4 is 34.1 Å². The maximum Gasteiger partial charge on any atom is 0.257 e. The first-order valence-electron chi connectivity index (χ1n) is 9.44. The number of carbonyl (C=O) groups excluding carboxylic acids is 1. The molecule has 1 N–H and O–H groups in total. The number of rotatable bonds is 8. The van der Waals surface area contributed by atoms with Crippen LogP contribution in [-0.4, -0.2) is 16.1 Å². The van der Waals surface area contributed by atoms with E-state index in [-0.39, 0.29) is 11.7 Å². The van der Waals surface area contributed by atoms with Gasteiger partial charge in [-0.25, -0.2) is 4.39 Å². The number of ether oxygens (including phenoxy) is 1. The number of aromatic nitrogens is 2. The minimum absolute atomic E-state index is 0.248. The molecular formula is C23H18FN3O2S2. The van der Waals surface area contributed by atoms with E-state index in [1.807, 2.05) is 42.5 Å². The Hall–Kier alpha value is -3.23. The highest BCUT2D eigenvalue weighted by Crippen LogP contribution is 2.28. The van der Waals surface area contributed by atoms with Crippen LogP contribution in [0.4, 0.5) is 9.52 Å². The lowest BCUT2D eigenvalue weighted by atomic mass is 10.1. The Balaban J connectivity index is 1.28. The third kappa shape index (κ3) is 6.13. The van der Waals surface area contributed by atoms with Crippen LogP contribution in [0.25, 0.3) is 0 Å². The van der Waals surface area contributed by atoms with Gasteiger partial charge in [-0.1, -0.05) is 65.6 Å². The number of para-hydroxylation sites is 1. The molecule has 1 amide bonds. The van der Waals surface area contributed by atoms with Crippen LogP contribution in [0.3, 0.4) is 0 Å². The Labute approximate surface area is 187 Å². The molecule has 0 aliphatic rings. The first kappa shape index (κ1) is 21.0. The fraction of sp³-hybridized carbons (Fsp3) is 0.0870. The number of amides is 1. The van der Waals surface area contributed by atoms with Crippen LogP contribution in [0.2, 0.25) is 0 Å². The van der Waals surface area contributed by atoms with E-state index in [9.17, 15) is 9.18 Å². The summed E-state index contributed by atoms with van der Waals surface area (Å²) in [5, 5.41) is 11.3. The zero-order valence-corrected chi connectivity index (χ0v) is 18.0. The lowest BCUT2D eigenvalue weighted by molar-refractivity contribution is 0.102. The molecule has 0 unspecified atom stereocenters. The smallest absolute Gasteiger partial charge is 0.257 e. The number of benzene rings is 3. The highest BCUT2D eigenvalue weighted by Gasteiger charge is 2.11. The van der Waals surface area contributed by atoms with Crippen molar-refractivity contribution in [2.75, 3.05) is 5.32 Å². The van der Waals surface area contributed by atoms with Gasteiger partial charge in [-0.3, -0.25) is 10.1 Å². The van der Waals surface area contributed by atoms with Crippen LogP contribution in [0.1, 0.15) is 21.5 Å². The van der Waals surface area contributed by atoms with Gasteiger partial charge >= 0.3 is 0 Å². The number of nitrogens with one attached hydrogen (secondary N) is 1. The zero-order chi connectivity index (χ0) is 21.5. The molecule has 1 heterocycles. The molecular weight excluding hydrogens is 433 g/mol. The van der Waals surface area contributed by atoms with Crippen molar-refractivity contribution in [3.63, 3.8) is 0 Å². The minimum atomic E-state index is -0.258. The molecule has 4 aromatic rings. The Kier molecular flexibility index (Phi) is 6.91. The van der Waals surface area contributed by atoms with Gasteiger partial charge in [0.1, 0.15) is 18.2 Å². The summed E-state index contributed by atoms with van der Waals surface area (Å²) in [4.78, 5) is 12.5. The number of carbonyl (C=O) groups is 1. The molecule has 0 aliphatic heterocycles. The standard InChI is InChI=1S/C23H18FN3O2S2/c24-19-12-8-17(9-13-19)15-30-23-27-26-22(31-23)25-21(28)18-10-6-16(7-11-18)14-29-20-4-2-1-3-5-20/h1-13H,14-15H2,(H,25,26,28).